The van der Waals surface area contributed by atoms with Crippen molar-refractivity contribution >= 4 is 41.5 Å². The predicted molar refractivity (Wildman–Crippen MR) is 230 cm³/mol. The molecule has 0 aromatic heterocycles. The second kappa shape index (κ2) is 15.6. The standard InChI is InChI=1S/C47H54F3N7O8/c1-26-23-34(33-7-5-21-55(33)45(38(60)53-40(62)63)29-13-9-27(10-14-29)42(45,2)24-36(51)58)57(32-19-17-31(18-20-32)47(48,49)50)44(26,4)35-8-6-22-56(35)46(39(61)54-41(64)65)30-15-11-28(12-16-30)43(46,3)25-37(52)59/h9-20,26,33-35H,5-8,21-25H2,1-4H3,(H2,51,58)(H2,52,59)(H,53,60)(H,54,61)(H,62,63)(H,64,65)/t26?,33?,34-,35?,42?,43?,44-,45-,46-/m1/s1. The van der Waals surface area contributed by atoms with Crippen molar-refractivity contribution in [2.75, 3.05) is 18.0 Å². The number of benzene rings is 3. The average Bonchev–Trinajstić information content (AvgIpc) is 3.97. The zero-order valence-electron chi connectivity index (χ0n) is 36.6. The SMILES string of the molecule is CC1C[C@H](C2CCCN2[C@@]2(C(=O)NC(=O)O)c3ccc(cc3)C2(C)CC(N)=O)N(c2ccc(C(F)(F)F)cc2)[C@@]1(C)C1CCCN1[C@@]1(C(=O)NC(=O)O)c2ccc(cc2)C1(C)CC(N)=O. The minimum atomic E-state index is -4.65. The molecule has 0 saturated carbocycles. The Balaban J connectivity index is 1.33. The Kier molecular flexibility index (Phi) is 10.9. The lowest BCUT2D eigenvalue weighted by molar-refractivity contribution is -0.145. The van der Waals surface area contributed by atoms with Crippen LogP contribution in [0.25, 0.3) is 0 Å². The van der Waals surface area contributed by atoms with Gasteiger partial charge in [-0.05, 0) is 105 Å². The van der Waals surface area contributed by atoms with Crippen LogP contribution >= 0.6 is 0 Å². The third-order valence-corrected chi connectivity index (χ3v) is 16.1. The van der Waals surface area contributed by atoms with E-state index in [2.05, 4.69) is 15.5 Å². The molecule has 6 amide bonds. The first-order valence-corrected chi connectivity index (χ1v) is 21.9. The van der Waals surface area contributed by atoms with E-state index in [1.807, 2.05) is 23.6 Å². The molecule has 3 aromatic rings. The summed E-state index contributed by atoms with van der Waals surface area (Å²) >= 11 is 0. The summed E-state index contributed by atoms with van der Waals surface area (Å²) in [5.41, 5.74) is 6.09. The molecule has 4 aliphatic carbocycles. The maximum absolute atomic E-state index is 15.0. The molecule has 3 aromatic carbocycles. The van der Waals surface area contributed by atoms with Gasteiger partial charge in [0.25, 0.3) is 11.8 Å². The molecule has 4 bridgehead atoms. The fourth-order valence-electron chi connectivity index (χ4n) is 13.5. The lowest BCUT2D eigenvalue weighted by atomic mass is 9.56. The van der Waals surface area contributed by atoms with E-state index in [-0.39, 0.29) is 31.8 Å². The van der Waals surface area contributed by atoms with Gasteiger partial charge < -0.3 is 26.6 Å². The molecule has 5 unspecified atom stereocenters. The minimum absolute atomic E-state index is 0.271. The molecule has 0 spiro atoms. The van der Waals surface area contributed by atoms with Gasteiger partial charge in [-0.2, -0.15) is 13.2 Å². The van der Waals surface area contributed by atoms with Gasteiger partial charge in [0.15, 0.2) is 0 Å². The van der Waals surface area contributed by atoms with Crippen molar-refractivity contribution < 1.29 is 52.2 Å². The summed E-state index contributed by atoms with van der Waals surface area (Å²) in [6.07, 6.45) is -6.09. The molecule has 9 atom stereocenters. The van der Waals surface area contributed by atoms with Crippen LogP contribution in [0.15, 0.2) is 72.8 Å². The Hall–Kier alpha value is -6.01. The number of carbonyl (C=O) groups is 6. The van der Waals surface area contributed by atoms with Gasteiger partial charge in [0.2, 0.25) is 11.8 Å². The maximum Gasteiger partial charge on any atom is 0.416 e. The summed E-state index contributed by atoms with van der Waals surface area (Å²) in [6.45, 7) is 8.03. The van der Waals surface area contributed by atoms with Crippen molar-refractivity contribution in [2.24, 2.45) is 17.4 Å². The number of carboxylic acid groups (broad SMARTS) is 2. The summed E-state index contributed by atoms with van der Waals surface area (Å²) in [7, 11) is 0. The fraction of sp³-hybridized carbons (Fsp3) is 0.489. The van der Waals surface area contributed by atoms with E-state index in [0.29, 0.717) is 60.0 Å². The molecule has 3 heterocycles. The number of halogens is 3. The average molecular weight is 902 g/mol. The van der Waals surface area contributed by atoms with Crippen LogP contribution in [-0.4, -0.2) is 92.6 Å². The first kappa shape index (κ1) is 45.6. The van der Waals surface area contributed by atoms with Crippen LogP contribution < -0.4 is 27.0 Å². The smallest absolute Gasteiger partial charge is 0.416 e. The van der Waals surface area contributed by atoms with E-state index in [0.717, 1.165) is 12.1 Å². The van der Waals surface area contributed by atoms with Crippen molar-refractivity contribution in [3.05, 3.63) is 101 Å². The lowest BCUT2D eigenvalue weighted by Gasteiger charge is -2.60. The van der Waals surface area contributed by atoms with E-state index >= 15 is 0 Å². The van der Waals surface area contributed by atoms with Crippen LogP contribution in [0.4, 0.5) is 28.4 Å². The highest BCUT2D eigenvalue weighted by Gasteiger charge is 2.70. The highest BCUT2D eigenvalue weighted by atomic mass is 19.4. The van der Waals surface area contributed by atoms with Gasteiger partial charge in [0, 0.05) is 47.5 Å². The molecule has 65 heavy (non-hydrogen) atoms. The summed E-state index contributed by atoms with van der Waals surface area (Å²) in [6, 6.07) is 17.2. The van der Waals surface area contributed by atoms with E-state index in [4.69, 9.17) is 11.5 Å². The number of hydrogen-bond donors (Lipinski definition) is 6. The molecule has 3 aliphatic heterocycles. The number of primary amides is 2. The number of hydrogen-bond acceptors (Lipinski definition) is 9. The minimum Gasteiger partial charge on any atom is -0.465 e. The third kappa shape index (κ3) is 6.44. The Morgan fingerprint density at radius 3 is 1.54 bits per heavy atom. The second-order valence-electron chi connectivity index (χ2n) is 19.1. The van der Waals surface area contributed by atoms with Gasteiger partial charge in [-0.3, -0.25) is 39.6 Å². The monoisotopic (exact) mass is 901 g/mol. The number of fused-ring (bicyclic) bond motifs is 6. The summed E-state index contributed by atoms with van der Waals surface area (Å²) in [5.74, 6) is -3.48. The van der Waals surface area contributed by atoms with E-state index in [1.54, 1.807) is 62.4 Å². The van der Waals surface area contributed by atoms with Crippen LogP contribution in [0.1, 0.15) is 100 Å². The maximum atomic E-state index is 15.0. The number of alkyl halides is 3. The van der Waals surface area contributed by atoms with Crippen LogP contribution in [0, 0.1) is 5.92 Å². The summed E-state index contributed by atoms with van der Waals surface area (Å²) in [5, 5.41) is 24.4. The first-order valence-electron chi connectivity index (χ1n) is 21.9. The van der Waals surface area contributed by atoms with Crippen LogP contribution in [0.2, 0.25) is 0 Å². The normalized spacial score (nSPS) is 33.0. The molecule has 3 saturated heterocycles. The number of nitrogens with zero attached hydrogens (tertiary/aromatic N) is 3. The lowest BCUT2D eigenvalue weighted by Crippen LogP contribution is -2.74. The number of likely N-dealkylation sites (tertiary alicyclic amines) is 2. The van der Waals surface area contributed by atoms with Crippen LogP contribution in [0.5, 0.6) is 0 Å². The third-order valence-electron chi connectivity index (χ3n) is 16.1. The van der Waals surface area contributed by atoms with Crippen LogP contribution in [-0.2, 0) is 47.3 Å². The van der Waals surface area contributed by atoms with E-state index in [1.165, 1.54) is 12.1 Å². The molecule has 0 radical (unpaired) electrons. The van der Waals surface area contributed by atoms with Gasteiger partial charge >= 0.3 is 18.4 Å². The van der Waals surface area contributed by atoms with Gasteiger partial charge in [0.05, 0.1) is 11.1 Å². The number of carbonyl (C=O) groups excluding carboxylic acids is 4. The molecule has 3 fully saturated rings. The van der Waals surface area contributed by atoms with Crippen molar-refractivity contribution in [2.45, 2.75) is 124 Å². The Labute approximate surface area is 373 Å². The van der Waals surface area contributed by atoms with E-state index < -0.39 is 93.1 Å². The second-order valence-corrected chi connectivity index (χ2v) is 19.1. The molecule has 15 nitrogen and oxygen atoms in total. The number of amides is 6. The summed E-state index contributed by atoms with van der Waals surface area (Å²) in [4.78, 5) is 86.7. The zero-order chi connectivity index (χ0) is 47.2. The fourth-order valence-corrected chi connectivity index (χ4v) is 13.5. The molecule has 8 N–H and O–H groups in total. The predicted octanol–water partition coefficient (Wildman–Crippen LogP) is 5.28. The zero-order valence-corrected chi connectivity index (χ0v) is 36.6. The molecular formula is C47H54F3N7O8. The van der Waals surface area contributed by atoms with Crippen molar-refractivity contribution in [3.63, 3.8) is 0 Å². The Morgan fingerprint density at radius 2 is 1.09 bits per heavy atom. The van der Waals surface area contributed by atoms with Crippen LogP contribution in [0.3, 0.4) is 0 Å². The Bertz CT molecular complexity index is 2450. The quantitative estimate of drug-likeness (QED) is 0.145. The van der Waals surface area contributed by atoms with Gasteiger partial charge in [-0.25, -0.2) is 9.59 Å². The van der Waals surface area contributed by atoms with Gasteiger partial charge in [-0.1, -0.05) is 69.3 Å². The highest BCUT2D eigenvalue weighted by Crippen LogP contribution is 2.61. The largest absolute Gasteiger partial charge is 0.465 e. The number of rotatable bonds is 11. The molecule has 18 heteroatoms. The molecular weight excluding hydrogens is 848 g/mol. The van der Waals surface area contributed by atoms with Crippen molar-refractivity contribution in [1.82, 2.24) is 20.4 Å². The molecule has 10 rings (SSSR count). The molecule has 346 valence electrons. The van der Waals surface area contributed by atoms with Crippen molar-refractivity contribution in [3.8, 4) is 0 Å². The van der Waals surface area contributed by atoms with Gasteiger partial charge in [-0.15, -0.1) is 0 Å². The Morgan fingerprint density at radius 1 is 0.662 bits per heavy atom. The molecule has 7 aliphatic rings. The topological polar surface area (TPSA) is 229 Å². The van der Waals surface area contributed by atoms with Gasteiger partial charge in [0.1, 0.15) is 11.1 Å². The number of imide groups is 2. The van der Waals surface area contributed by atoms with Crippen molar-refractivity contribution in [1.29, 1.82) is 0 Å². The van der Waals surface area contributed by atoms with E-state index in [9.17, 15) is 52.2 Å². The highest BCUT2D eigenvalue weighted by molar-refractivity contribution is 6.01. The number of nitrogens with two attached hydrogens (primary N) is 2. The number of nitrogens with one attached hydrogen (secondary N) is 2. The summed E-state index contributed by atoms with van der Waals surface area (Å²) < 4.78 is 42.6. The first-order chi connectivity index (χ1) is 30.5. The number of anilines is 1.